The fourth-order valence-corrected chi connectivity index (χ4v) is 3.06. The van der Waals surface area contributed by atoms with Crippen molar-refractivity contribution in [3.63, 3.8) is 0 Å². The number of hydrogen-bond donors (Lipinski definition) is 2. The van der Waals surface area contributed by atoms with E-state index in [1.165, 1.54) is 13.2 Å². The highest BCUT2D eigenvalue weighted by atomic mass is 16.5. The molecule has 1 aromatic heterocycles. The Morgan fingerprint density at radius 3 is 2.48 bits per heavy atom. The lowest BCUT2D eigenvalue weighted by Crippen LogP contribution is -2.13. The molecule has 2 N–H and O–H groups in total. The van der Waals surface area contributed by atoms with Crippen LogP contribution in [-0.2, 0) is 5.41 Å². The predicted octanol–water partition coefficient (Wildman–Crippen LogP) is 5.24. The number of carboxylic acid groups (broad SMARTS) is 1. The number of aryl methyl sites for hydroxylation is 1. The van der Waals surface area contributed by atoms with Gasteiger partial charge >= 0.3 is 5.97 Å². The molecule has 152 valence electrons. The molecule has 1 heterocycles. The van der Waals surface area contributed by atoms with Gasteiger partial charge in [0.2, 0.25) is 0 Å². The molecule has 0 fully saturated rings. The first-order valence-electron chi connectivity index (χ1n) is 9.47. The minimum atomic E-state index is -1.03. The van der Waals surface area contributed by atoms with Gasteiger partial charge in [-0.1, -0.05) is 32.9 Å². The van der Waals surface area contributed by atoms with Crippen molar-refractivity contribution >= 4 is 17.5 Å². The molecule has 6 heteroatoms. The van der Waals surface area contributed by atoms with Crippen molar-refractivity contribution in [2.24, 2.45) is 0 Å². The molecule has 0 unspecified atom stereocenters. The summed E-state index contributed by atoms with van der Waals surface area (Å²) in [5.74, 6) is 0.169. The van der Waals surface area contributed by atoms with Crippen LogP contribution < -0.4 is 10.1 Å². The van der Waals surface area contributed by atoms with Crippen LogP contribution in [0.15, 0.2) is 42.5 Å². The molecule has 3 rings (SSSR count). The quantitative estimate of drug-likeness (QED) is 0.620. The largest absolute Gasteiger partial charge is 0.497 e. The average molecular weight is 393 g/mol. The van der Waals surface area contributed by atoms with Crippen LogP contribution in [0.3, 0.4) is 0 Å². The Morgan fingerprint density at radius 2 is 1.86 bits per heavy atom. The summed E-state index contributed by atoms with van der Waals surface area (Å²) in [6.07, 6.45) is 0. The first-order chi connectivity index (χ1) is 13.6. The number of nitrogens with one attached hydrogen (secondary N) is 1. The maximum atomic E-state index is 11.8. The van der Waals surface area contributed by atoms with E-state index < -0.39 is 5.97 Å². The van der Waals surface area contributed by atoms with Gasteiger partial charge in [-0.2, -0.15) is 5.10 Å². The predicted molar refractivity (Wildman–Crippen MR) is 115 cm³/mol. The van der Waals surface area contributed by atoms with E-state index in [2.05, 4.69) is 46.0 Å². The number of methoxy groups -OCH3 is 1. The van der Waals surface area contributed by atoms with Gasteiger partial charge in [-0.15, -0.1) is 0 Å². The molecule has 6 nitrogen and oxygen atoms in total. The lowest BCUT2D eigenvalue weighted by molar-refractivity contribution is 0.0697. The van der Waals surface area contributed by atoms with Gasteiger partial charge in [-0.05, 0) is 49.2 Å². The van der Waals surface area contributed by atoms with E-state index in [4.69, 9.17) is 9.84 Å². The number of anilines is 2. The number of carbonyl (C=O) groups is 1. The van der Waals surface area contributed by atoms with Crippen LogP contribution in [0.5, 0.6) is 5.75 Å². The summed E-state index contributed by atoms with van der Waals surface area (Å²) >= 11 is 0. The molecular weight excluding hydrogens is 366 g/mol. The second-order valence-electron chi connectivity index (χ2n) is 8.14. The van der Waals surface area contributed by atoms with Crippen molar-refractivity contribution in [3.8, 4) is 11.4 Å². The molecule has 0 spiro atoms. The zero-order valence-electron chi connectivity index (χ0n) is 17.7. The van der Waals surface area contributed by atoms with Crippen molar-refractivity contribution in [1.82, 2.24) is 9.78 Å². The summed E-state index contributed by atoms with van der Waals surface area (Å²) in [5, 5.41) is 17.8. The maximum absolute atomic E-state index is 11.8. The summed E-state index contributed by atoms with van der Waals surface area (Å²) in [7, 11) is 1.51. The molecular formula is C23H27N3O3. The van der Waals surface area contributed by atoms with Gasteiger partial charge in [0.05, 0.1) is 29.7 Å². The Bertz CT molecular complexity index is 1060. The molecule has 0 atom stereocenters. The Balaban J connectivity index is 2.16. The third-order valence-electron chi connectivity index (χ3n) is 5.00. The van der Waals surface area contributed by atoms with Crippen LogP contribution in [-0.4, -0.2) is 28.0 Å². The first kappa shape index (κ1) is 20.5. The van der Waals surface area contributed by atoms with Gasteiger partial charge < -0.3 is 15.2 Å². The fourth-order valence-electron chi connectivity index (χ4n) is 3.06. The van der Waals surface area contributed by atoms with Crippen molar-refractivity contribution in [3.05, 3.63) is 64.8 Å². The highest BCUT2D eigenvalue weighted by Gasteiger charge is 2.22. The van der Waals surface area contributed by atoms with Gasteiger partial charge in [-0.25, -0.2) is 9.48 Å². The topological polar surface area (TPSA) is 76.4 Å². The molecule has 0 aliphatic rings. The van der Waals surface area contributed by atoms with Crippen LogP contribution >= 0.6 is 0 Å². The van der Waals surface area contributed by atoms with E-state index in [-0.39, 0.29) is 11.0 Å². The lowest BCUT2D eigenvalue weighted by atomic mass is 9.92. The third-order valence-corrected chi connectivity index (χ3v) is 5.00. The van der Waals surface area contributed by atoms with E-state index in [0.29, 0.717) is 17.3 Å². The molecule has 0 saturated heterocycles. The van der Waals surface area contributed by atoms with Crippen molar-refractivity contribution in [2.45, 2.75) is 40.0 Å². The number of aromatic nitrogens is 2. The number of ether oxygens (including phenoxy) is 1. The van der Waals surface area contributed by atoms with Gasteiger partial charge in [0, 0.05) is 11.5 Å². The minimum absolute atomic E-state index is 0.135. The summed E-state index contributed by atoms with van der Waals surface area (Å²) < 4.78 is 7.02. The van der Waals surface area contributed by atoms with Gasteiger partial charge in [0.25, 0.3) is 0 Å². The highest BCUT2D eigenvalue weighted by molar-refractivity contribution is 5.95. The molecule has 0 saturated carbocycles. The summed E-state index contributed by atoms with van der Waals surface area (Å²) in [6.45, 7) is 10.4. The van der Waals surface area contributed by atoms with Crippen LogP contribution in [0.1, 0.15) is 48.0 Å². The molecule has 0 aliphatic heterocycles. The van der Waals surface area contributed by atoms with E-state index in [9.17, 15) is 9.90 Å². The molecule has 0 aliphatic carbocycles. The normalized spacial score (nSPS) is 11.4. The number of carboxylic acids is 1. The smallest absolute Gasteiger partial charge is 0.337 e. The molecule has 0 bridgehead atoms. The number of hydrogen-bond acceptors (Lipinski definition) is 4. The van der Waals surface area contributed by atoms with Crippen molar-refractivity contribution in [2.75, 3.05) is 12.4 Å². The van der Waals surface area contributed by atoms with Crippen molar-refractivity contribution < 1.29 is 14.6 Å². The van der Waals surface area contributed by atoms with Crippen molar-refractivity contribution in [1.29, 1.82) is 0 Å². The maximum Gasteiger partial charge on any atom is 0.337 e. The van der Waals surface area contributed by atoms with Crippen LogP contribution in [0.2, 0.25) is 0 Å². The number of benzene rings is 2. The lowest BCUT2D eigenvalue weighted by Gasteiger charge is -2.15. The zero-order valence-corrected chi connectivity index (χ0v) is 17.7. The standard InChI is InChI=1S/C23H27N3O3/c1-14-8-7-9-19(15(14)2)26-21(13-20(25-26)23(3,4)5)24-18-11-10-16(29-6)12-17(18)22(27)28/h7-13,24H,1-6H3,(H,27,28). The van der Waals surface area contributed by atoms with E-state index in [0.717, 1.165) is 22.5 Å². The molecule has 0 radical (unpaired) electrons. The zero-order chi connectivity index (χ0) is 21.3. The Kier molecular flexibility index (Phi) is 5.38. The van der Waals surface area contributed by atoms with Crippen LogP contribution in [0, 0.1) is 13.8 Å². The number of rotatable bonds is 5. The second-order valence-corrected chi connectivity index (χ2v) is 8.14. The van der Waals surface area contributed by atoms with Gasteiger partial charge in [0.15, 0.2) is 0 Å². The van der Waals surface area contributed by atoms with Gasteiger partial charge in [0.1, 0.15) is 11.6 Å². The third kappa shape index (κ3) is 4.11. The summed E-state index contributed by atoms with van der Waals surface area (Å²) in [5.41, 5.74) is 4.60. The highest BCUT2D eigenvalue weighted by Crippen LogP contribution is 2.31. The van der Waals surface area contributed by atoms with Gasteiger partial charge in [-0.3, -0.25) is 0 Å². The molecule has 0 amide bonds. The monoisotopic (exact) mass is 393 g/mol. The Hall–Kier alpha value is -3.28. The average Bonchev–Trinajstić information content (AvgIpc) is 3.08. The SMILES string of the molecule is COc1ccc(Nc2cc(C(C)(C)C)nn2-c2cccc(C)c2C)c(C(=O)O)c1. The van der Waals surface area contributed by atoms with E-state index >= 15 is 0 Å². The molecule has 2 aromatic carbocycles. The minimum Gasteiger partial charge on any atom is -0.497 e. The summed E-state index contributed by atoms with van der Waals surface area (Å²) in [4.78, 5) is 11.8. The first-order valence-corrected chi connectivity index (χ1v) is 9.47. The fraction of sp³-hybridized carbons (Fsp3) is 0.304. The van der Waals surface area contributed by atoms with Crippen LogP contribution in [0.4, 0.5) is 11.5 Å². The van der Waals surface area contributed by atoms with Crippen LogP contribution in [0.25, 0.3) is 5.69 Å². The Labute approximate surface area is 171 Å². The van der Waals surface area contributed by atoms with E-state index in [1.54, 1.807) is 12.1 Å². The number of aromatic carboxylic acids is 1. The molecule has 29 heavy (non-hydrogen) atoms. The second kappa shape index (κ2) is 7.62. The van der Waals surface area contributed by atoms with E-state index in [1.807, 2.05) is 22.9 Å². The number of nitrogens with zero attached hydrogens (tertiary/aromatic N) is 2. The Morgan fingerprint density at radius 1 is 1.14 bits per heavy atom. The summed E-state index contributed by atoms with van der Waals surface area (Å²) in [6, 6.07) is 13.0. The molecule has 3 aromatic rings.